The summed E-state index contributed by atoms with van der Waals surface area (Å²) in [5.41, 5.74) is 7.18. The fourth-order valence-electron chi connectivity index (χ4n) is 3.00. The monoisotopic (exact) mass is 251 g/mol. The first kappa shape index (κ1) is 12.4. The zero-order valence-corrected chi connectivity index (χ0v) is 11.7. The summed E-state index contributed by atoms with van der Waals surface area (Å²) in [6, 6.07) is 16.1. The summed E-state index contributed by atoms with van der Waals surface area (Å²) in [7, 11) is 0. The average molecular weight is 251 g/mol. The highest BCUT2D eigenvalue weighted by atomic mass is 14.9. The normalized spacial score (nSPS) is 14.6. The molecule has 98 valence electrons. The predicted molar refractivity (Wildman–Crippen MR) is 80.4 cm³/mol. The number of rotatable bonds is 3. The summed E-state index contributed by atoms with van der Waals surface area (Å²) in [6.45, 7) is 5.33. The molecular formula is C18H21N. The van der Waals surface area contributed by atoms with Crippen molar-refractivity contribution in [2.75, 3.05) is 0 Å². The molecule has 1 nitrogen and oxygen atoms in total. The summed E-state index contributed by atoms with van der Waals surface area (Å²) < 4.78 is 0. The molecule has 0 saturated heterocycles. The van der Waals surface area contributed by atoms with E-state index >= 15 is 0 Å². The lowest BCUT2D eigenvalue weighted by Gasteiger charge is -2.13. The van der Waals surface area contributed by atoms with Gasteiger partial charge in [0.05, 0.1) is 0 Å². The summed E-state index contributed by atoms with van der Waals surface area (Å²) >= 11 is 0. The van der Waals surface area contributed by atoms with Crippen LogP contribution in [0.1, 0.15) is 27.8 Å². The third-order valence-electron chi connectivity index (χ3n) is 4.13. The number of fused-ring (bicyclic) bond motifs is 1. The molecule has 0 saturated carbocycles. The van der Waals surface area contributed by atoms with Crippen molar-refractivity contribution >= 4 is 0 Å². The molecule has 0 radical (unpaired) electrons. The Kier molecular flexibility index (Phi) is 3.39. The molecule has 0 heterocycles. The van der Waals surface area contributed by atoms with Crippen LogP contribution in [0.25, 0.3) is 0 Å². The number of aryl methyl sites for hydroxylation is 2. The van der Waals surface area contributed by atoms with Crippen molar-refractivity contribution in [1.82, 2.24) is 5.32 Å². The van der Waals surface area contributed by atoms with E-state index in [1.165, 1.54) is 40.7 Å². The summed E-state index contributed by atoms with van der Waals surface area (Å²) in [5, 5.41) is 3.71. The minimum absolute atomic E-state index is 0.595. The Morgan fingerprint density at radius 1 is 1.00 bits per heavy atom. The molecule has 1 aliphatic carbocycles. The first-order valence-electron chi connectivity index (χ1n) is 7.08. The SMILES string of the molecule is Cc1ccc(CNC2Cc3ccccc3C2)c(C)c1. The van der Waals surface area contributed by atoms with E-state index in [0.29, 0.717) is 6.04 Å². The molecule has 2 aromatic carbocycles. The quantitative estimate of drug-likeness (QED) is 0.879. The molecule has 2 aromatic rings. The third-order valence-corrected chi connectivity index (χ3v) is 4.13. The van der Waals surface area contributed by atoms with Crippen LogP contribution in [0.3, 0.4) is 0 Å². The fraction of sp³-hybridized carbons (Fsp3) is 0.333. The van der Waals surface area contributed by atoms with Gasteiger partial charge < -0.3 is 5.32 Å². The van der Waals surface area contributed by atoms with Crippen LogP contribution < -0.4 is 5.32 Å². The first-order chi connectivity index (χ1) is 9.22. The summed E-state index contributed by atoms with van der Waals surface area (Å²) in [4.78, 5) is 0. The van der Waals surface area contributed by atoms with E-state index in [1.807, 2.05) is 0 Å². The predicted octanol–water partition coefficient (Wildman–Crippen LogP) is 3.56. The Balaban J connectivity index is 1.63. The molecular weight excluding hydrogens is 230 g/mol. The van der Waals surface area contributed by atoms with E-state index in [4.69, 9.17) is 0 Å². The van der Waals surface area contributed by atoms with Gasteiger partial charge in [0.15, 0.2) is 0 Å². The zero-order chi connectivity index (χ0) is 13.2. The fourth-order valence-corrected chi connectivity index (χ4v) is 3.00. The molecule has 0 aliphatic heterocycles. The van der Waals surface area contributed by atoms with Gasteiger partial charge in [-0.15, -0.1) is 0 Å². The van der Waals surface area contributed by atoms with Crippen LogP contribution >= 0.6 is 0 Å². The van der Waals surface area contributed by atoms with Gasteiger partial charge in [0.1, 0.15) is 0 Å². The van der Waals surface area contributed by atoms with Crippen LogP contribution in [0.2, 0.25) is 0 Å². The third kappa shape index (κ3) is 2.71. The molecule has 0 fully saturated rings. The van der Waals surface area contributed by atoms with Crippen molar-refractivity contribution in [2.45, 2.75) is 39.3 Å². The van der Waals surface area contributed by atoms with Crippen LogP contribution in [0.5, 0.6) is 0 Å². The van der Waals surface area contributed by atoms with Gasteiger partial charge >= 0.3 is 0 Å². The Morgan fingerprint density at radius 2 is 1.68 bits per heavy atom. The summed E-state index contributed by atoms with van der Waals surface area (Å²) in [6.07, 6.45) is 2.34. The standard InChI is InChI=1S/C18H21N/c1-13-7-8-17(14(2)9-13)12-19-18-10-15-5-3-4-6-16(15)11-18/h3-9,18-19H,10-12H2,1-2H3. The average Bonchev–Trinajstić information content (AvgIpc) is 2.80. The zero-order valence-electron chi connectivity index (χ0n) is 11.7. The largest absolute Gasteiger partial charge is 0.309 e. The van der Waals surface area contributed by atoms with Crippen molar-refractivity contribution in [1.29, 1.82) is 0 Å². The van der Waals surface area contributed by atoms with E-state index in [-0.39, 0.29) is 0 Å². The van der Waals surface area contributed by atoms with Crippen molar-refractivity contribution in [2.24, 2.45) is 0 Å². The van der Waals surface area contributed by atoms with Gasteiger partial charge in [-0.25, -0.2) is 0 Å². The maximum atomic E-state index is 3.71. The molecule has 0 spiro atoms. The van der Waals surface area contributed by atoms with Crippen molar-refractivity contribution < 1.29 is 0 Å². The van der Waals surface area contributed by atoms with E-state index in [0.717, 1.165) is 6.54 Å². The maximum absolute atomic E-state index is 3.71. The van der Waals surface area contributed by atoms with E-state index in [9.17, 15) is 0 Å². The van der Waals surface area contributed by atoms with Crippen LogP contribution in [0, 0.1) is 13.8 Å². The second-order valence-electron chi connectivity index (χ2n) is 5.68. The Hall–Kier alpha value is -1.60. The molecule has 0 bridgehead atoms. The van der Waals surface area contributed by atoms with E-state index < -0.39 is 0 Å². The first-order valence-corrected chi connectivity index (χ1v) is 7.08. The van der Waals surface area contributed by atoms with Crippen molar-refractivity contribution in [3.8, 4) is 0 Å². The minimum Gasteiger partial charge on any atom is -0.309 e. The lowest BCUT2D eigenvalue weighted by atomic mass is 10.1. The molecule has 19 heavy (non-hydrogen) atoms. The number of nitrogens with one attached hydrogen (secondary N) is 1. The van der Waals surface area contributed by atoms with Crippen LogP contribution in [0.15, 0.2) is 42.5 Å². The van der Waals surface area contributed by atoms with E-state index in [1.54, 1.807) is 0 Å². The van der Waals surface area contributed by atoms with Crippen LogP contribution in [-0.2, 0) is 19.4 Å². The van der Waals surface area contributed by atoms with Gasteiger partial charge in [0, 0.05) is 12.6 Å². The van der Waals surface area contributed by atoms with Crippen molar-refractivity contribution in [3.63, 3.8) is 0 Å². The van der Waals surface area contributed by atoms with Gasteiger partial charge in [-0.2, -0.15) is 0 Å². The second-order valence-corrected chi connectivity index (χ2v) is 5.68. The Bertz CT molecular complexity index is 561. The minimum atomic E-state index is 0.595. The summed E-state index contributed by atoms with van der Waals surface area (Å²) in [5.74, 6) is 0. The van der Waals surface area contributed by atoms with Gasteiger partial charge in [-0.05, 0) is 48.9 Å². The molecule has 1 aliphatic rings. The van der Waals surface area contributed by atoms with Gasteiger partial charge in [0.25, 0.3) is 0 Å². The van der Waals surface area contributed by atoms with Crippen molar-refractivity contribution in [3.05, 3.63) is 70.3 Å². The van der Waals surface area contributed by atoms with E-state index in [2.05, 4.69) is 61.6 Å². The highest BCUT2D eigenvalue weighted by Crippen LogP contribution is 2.22. The van der Waals surface area contributed by atoms with Crippen LogP contribution in [0.4, 0.5) is 0 Å². The number of hydrogen-bond acceptors (Lipinski definition) is 1. The Morgan fingerprint density at radius 3 is 2.32 bits per heavy atom. The highest BCUT2D eigenvalue weighted by Gasteiger charge is 2.20. The smallest absolute Gasteiger partial charge is 0.0210 e. The van der Waals surface area contributed by atoms with Gasteiger partial charge in [0.2, 0.25) is 0 Å². The molecule has 0 unspecified atom stereocenters. The molecule has 0 atom stereocenters. The Labute approximate surface area is 115 Å². The molecule has 0 aromatic heterocycles. The molecule has 1 heteroatoms. The molecule has 1 N–H and O–H groups in total. The lowest BCUT2D eigenvalue weighted by molar-refractivity contribution is 0.532. The highest BCUT2D eigenvalue weighted by molar-refractivity contribution is 5.34. The van der Waals surface area contributed by atoms with Gasteiger partial charge in [-0.1, -0.05) is 48.0 Å². The molecule has 3 rings (SSSR count). The lowest BCUT2D eigenvalue weighted by Crippen LogP contribution is -2.29. The second kappa shape index (κ2) is 5.18. The number of hydrogen-bond donors (Lipinski definition) is 1. The molecule has 0 amide bonds. The maximum Gasteiger partial charge on any atom is 0.0210 e. The topological polar surface area (TPSA) is 12.0 Å². The van der Waals surface area contributed by atoms with Crippen LogP contribution in [-0.4, -0.2) is 6.04 Å². The van der Waals surface area contributed by atoms with Gasteiger partial charge in [-0.3, -0.25) is 0 Å². The number of benzene rings is 2.